The summed E-state index contributed by atoms with van der Waals surface area (Å²) in [6.45, 7) is 3.64. The fourth-order valence-electron chi connectivity index (χ4n) is 3.20. The van der Waals surface area contributed by atoms with Crippen molar-refractivity contribution in [1.29, 1.82) is 0 Å². The quantitative estimate of drug-likeness (QED) is 0.183. The third kappa shape index (κ3) is 33.4. The van der Waals surface area contributed by atoms with Gasteiger partial charge in [0.25, 0.3) is 0 Å². The predicted molar refractivity (Wildman–Crippen MR) is 119 cm³/mol. The second-order valence-electron chi connectivity index (χ2n) is 8.19. The lowest BCUT2D eigenvalue weighted by Crippen LogP contribution is -3.05. The summed E-state index contributed by atoms with van der Waals surface area (Å²) in [4.78, 5) is 1.60. The van der Waals surface area contributed by atoms with Gasteiger partial charge in [-0.25, -0.2) is 8.42 Å². The van der Waals surface area contributed by atoms with Crippen molar-refractivity contribution < 1.29 is 22.1 Å². The zero-order chi connectivity index (χ0) is 21.5. The Balaban J connectivity index is 0. The summed E-state index contributed by atoms with van der Waals surface area (Å²) in [5, 5.41) is 0. The van der Waals surface area contributed by atoms with Crippen LogP contribution in [0.5, 0.6) is 0 Å². The summed E-state index contributed by atoms with van der Waals surface area (Å²) in [6, 6.07) is 0. The van der Waals surface area contributed by atoms with Gasteiger partial charge in [-0.15, -0.1) is 0 Å². The van der Waals surface area contributed by atoms with Gasteiger partial charge < -0.3 is 9.45 Å². The lowest BCUT2D eigenvalue weighted by molar-refractivity contribution is -0.858. The second kappa shape index (κ2) is 23.1. The number of quaternary nitrogens is 1. The number of rotatable bonds is 19. The first-order chi connectivity index (χ1) is 13.3. The molecular formula is C22H49NO4S. The molecule has 5 nitrogen and oxygen atoms in total. The molecule has 28 heavy (non-hydrogen) atoms. The first-order valence-electron chi connectivity index (χ1n) is 11.6. The van der Waals surface area contributed by atoms with E-state index in [1.54, 1.807) is 4.90 Å². The third-order valence-electron chi connectivity index (χ3n) is 4.98. The van der Waals surface area contributed by atoms with Gasteiger partial charge in [0.05, 0.1) is 27.7 Å². The van der Waals surface area contributed by atoms with Crippen LogP contribution in [0.4, 0.5) is 0 Å². The highest BCUT2D eigenvalue weighted by Crippen LogP contribution is 2.13. The predicted octanol–water partition coefficient (Wildman–Crippen LogP) is 4.88. The Morgan fingerprint density at radius 1 is 0.643 bits per heavy atom. The molecule has 0 bridgehead atoms. The number of unbranched alkanes of at least 4 members (excludes halogenated alkanes) is 16. The SMILES string of the molecule is CCCCCCCCCCCCCCCCCCC[NH+](C)C.COS(=O)(=O)[O-]. The maximum absolute atomic E-state index is 9.22. The minimum absolute atomic E-state index is 0.808. The van der Waals surface area contributed by atoms with Crippen molar-refractivity contribution in [1.82, 2.24) is 0 Å². The van der Waals surface area contributed by atoms with E-state index in [0.717, 1.165) is 7.11 Å². The molecule has 0 saturated carbocycles. The molecule has 1 N–H and O–H groups in total. The average molecular weight is 424 g/mol. The molecule has 0 radical (unpaired) electrons. The molecule has 0 aliphatic rings. The van der Waals surface area contributed by atoms with Crippen LogP contribution in [0.15, 0.2) is 0 Å². The van der Waals surface area contributed by atoms with Crippen LogP contribution in [0.25, 0.3) is 0 Å². The van der Waals surface area contributed by atoms with Gasteiger partial charge in [-0.05, 0) is 12.8 Å². The minimum atomic E-state index is -4.41. The Morgan fingerprint density at radius 2 is 0.893 bits per heavy atom. The van der Waals surface area contributed by atoms with Crippen molar-refractivity contribution in [3.63, 3.8) is 0 Å². The van der Waals surface area contributed by atoms with E-state index in [0.29, 0.717) is 0 Å². The summed E-state index contributed by atoms with van der Waals surface area (Å²) < 4.78 is 31.0. The highest BCUT2D eigenvalue weighted by atomic mass is 32.3. The Hall–Kier alpha value is -0.170. The van der Waals surface area contributed by atoms with Crippen molar-refractivity contribution in [2.75, 3.05) is 27.7 Å². The smallest absolute Gasteiger partial charge is 0.217 e. The fourth-order valence-corrected chi connectivity index (χ4v) is 3.20. The molecule has 0 fully saturated rings. The van der Waals surface area contributed by atoms with Crippen LogP contribution < -0.4 is 4.90 Å². The lowest BCUT2D eigenvalue weighted by Gasteiger charge is -2.06. The Labute approximate surface area is 176 Å². The van der Waals surface area contributed by atoms with E-state index in [2.05, 4.69) is 25.2 Å². The molecule has 0 heterocycles. The van der Waals surface area contributed by atoms with Gasteiger partial charge >= 0.3 is 0 Å². The fraction of sp³-hybridized carbons (Fsp3) is 1.00. The van der Waals surface area contributed by atoms with Crippen LogP contribution in [0.2, 0.25) is 0 Å². The molecular weight excluding hydrogens is 374 g/mol. The van der Waals surface area contributed by atoms with E-state index in [4.69, 9.17) is 0 Å². The van der Waals surface area contributed by atoms with Crippen LogP contribution in [0.1, 0.15) is 116 Å². The zero-order valence-corrected chi connectivity index (χ0v) is 20.1. The van der Waals surface area contributed by atoms with E-state index in [1.165, 1.54) is 116 Å². The van der Waals surface area contributed by atoms with Crippen molar-refractivity contribution in [3.8, 4) is 0 Å². The highest BCUT2D eigenvalue weighted by molar-refractivity contribution is 7.80. The molecule has 0 spiro atoms. The molecule has 6 heteroatoms. The number of nitrogens with one attached hydrogen (secondary N) is 1. The maximum Gasteiger partial charge on any atom is 0.217 e. The van der Waals surface area contributed by atoms with Crippen LogP contribution in [0.3, 0.4) is 0 Å². The van der Waals surface area contributed by atoms with Crippen LogP contribution >= 0.6 is 0 Å². The summed E-state index contributed by atoms with van der Waals surface area (Å²) in [7, 11) is 0.909. The molecule has 0 atom stereocenters. The van der Waals surface area contributed by atoms with E-state index in [1.807, 2.05) is 0 Å². The molecule has 0 aliphatic carbocycles. The van der Waals surface area contributed by atoms with Crippen molar-refractivity contribution in [3.05, 3.63) is 0 Å². The summed E-state index contributed by atoms with van der Waals surface area (Å²) in [5.41, 5.74) is 0. The number of hydrogen-bond acceptors (Lipinski definition) is 4. The van der Waals surface area contributed by atoms with Gasteiger partial charge in [-0.1, -0.05) is 103 Å². The first-order valence-corrected chi connectivity index (χ1v) is 13.0. The standard InChI is InChI=1S/C21H45N.CH4O4S/c1-4-5-6-7-8-9-10-11-12-13-14-15-16-17-18-19-20-21-22(2)3;1-5-6(2,3)4/h4-21H2,1-3H3;1H3,(H,2,3,4). The van der Waals surface area contributed by atoms with Crippen molar-refractivity contribution in [2.45, 2.75) is 116 Å². The van der Waals surface area contributed by atoms with E-state index < -0.39 is 10.4 Å². The molecule has 0 aromatic heterocycles. The molecule has 0 aromatic rings. The first kappa shape index (κ1) is 30.0. The van der Waals surface area contributed by atoms with Gasteiger partial charge in [0.2, 0.25) is 10.4 Å². The Bertz CT molecular complexity index is 386. The van der Waals surface area contributed by atoms with Crippen LogP contribution in [0, 0.1) is 0 Å². The molecule has 0 rings (SSSR count). The average Bonchev–Trinajstić information content (AvgIpc) is 2.64. The second-order valence-corrected chi connectivity index (χ2v) is 9.34. The summed E-state index contributed by atoms with van der Waals surface area (Å²) >= 11 is 0. The number of hydrogen-bond donors (Lipinski definition) is 1. The molecule has 0 saturated heterocycles. The molecule has 172 valence electrons. The Morgan fingerprint density at radius 3 is 1.11 bits per heavy atom. The van der Waals surface area contributed by atoms with Crippen molar-refractivity contribution >= 4 is 10.4 Å². The van der Waals surface area contributed by atoms with Crippen molar-refractivity contribution in [2.24, 2.45) is 0 Å². The summed E-state index contributed by atoms with van der Waals surface area (Å²) in [6.07, 6.45) is 24.9. The van der Waals surface area contributed by atoms with Crippen LogP contribution in [-0.4, -0.2) is 40.7 Å². The van der Waals surface area contributed by atoms with Gasteiger partial charge in [-0.3, -0.25) is 4.18 Å². The van der Waals surface area contributed by atoms with E-state index in [9.17, 15) is 13.0 Å². The van der Waals surface area contributed by atoms with Crippen LogP contribution in [-0.2, 0) is 14.6 Å². The molecule has 0 aliphatic heterocycles. The minimum Gasteiger partial charge on any atom is -0.726 e. The van der Waals surface area contributed by atoms with Gasteiger partial charge in [0, 0.05) is 0 Å². The normalized spacial score (nSPS) is 11.5. The third-order valence-corrected chi connectivity index (χ3v) is 5.39. The summed E-state index contributed by atoms with van der Waals surface area (Å²) in [5.74, 6) is 0. The molecule has 0 amide bonds. The zero-order valence-electron chi connectivity index (χ0n) is 19.3. The van der Waals surface area contributed by atoms with E-state index >= 15 is 0 Å². The monoisotopic (exact) mass is 423 g/mol. The molecule has 0 aromatic carbocycles. The molecule has 0 unspecified atom stereocenters. The highest BCUT2D eigenvalue weighted by Gasteiger charge is 1.96. The van der Waals surface area contributed by atoms with Gasteiger partial charge in [0.15, 0.2) is 0 Å². The van der Waals surface area contributed by atoms with Gasteiger partial charge in [0.1, 0.15) is 0 Å². The lowest BCUT2D eigenvalue weighted by atomic mass is 10.0. The van der Waals surface area contributed by atoms with E-state index in [-0.39, 0.29) is 0 Å². The maximum atomic E-state index is 9.22. The Kier molecular flexibility index (Phi) is 24.8. The largest absolute Gasteiger partial charge is 0.726 e. The van der Waals surface area contributed by atoms with Gasteiger partial charge in [-0.2, -0.15) is 0 Å². The topological polar surface area (TPSA) is 70.9 Å².